The lowest BCUT2D eigenvalue weighted by atomic mass is 10.1. The van der Waals surface area contributed by atoms with Gasteiger partial charge in [0, 0.05) is 0 Å². The predicted molar refractivity (Wildman–Crippen MR) is 90.8 cm³/mol. The lowest BCUT2D eigenvalue weighted by Crippen LogP contribution is -2.34. The van der Waals surface area contributed by atoms with Gasteiger partial charge in [0.15, 0.2) is 0 Å². The summed E-state index contributed by atoms with van der Waals surface area (Å²) in [7, 11) is -3.92. The third-order valence-electron chi connectivity index (χ3n) is 3.74. The summed E-state index contributed by atoms with van der Waals surface area (Å²) < 4.78 is 32.1. The first kappa shape index (κ1) is 16.3. The number of hydrogen-bond donors (Lipinski definition) is 2. The van der Waals surface area contributed by atoms with Crippen LogP contribution < -0.4 is 14.8 Å². The van der Waals surface area contributed by atoms with Crippen molar-refractivity contribution in [1.82, 2.24) is 4.72 Å². The third kappa shape index (κ3) is 3.51. The van der Waals surface area contributed by atoms with Crippen LogP contribution in [0.3, 0.4) is 0 Å². The number of urea groups is 1. The van der Waals surface area contributed by atoms with Crippen LogP contribution >= 0.6 is 0 Å². The number of carbonyl (C=O) groups is 1. The van der Waals surface area contributed by atoms with Crippen LogP contribution in [0, 0.1) is 6.92 Å². The van der Waals surface area contributed by atoms with Crippen molar-refractivity contribution in [3.05, 3.63) is 53.6 Å². The number of rotatable bonds is 3. The summed E-state index contributed by atoms with van der Waals surface area (Å²) in [5.41, 5.74) is 2.40. The zero-order valence-corrected chi connectivity index (χ0v) is 14.0. The zero-order chi connectivity index (χ0) is 17.2. The van der Waals surface area contributed by atoms with Gasteiger partial charge in [0.1, 0.15) is 5.75 Å². The summed E-state index contributed by atoms with van der Waals surface area (Å²) in [6.45, 7) is 2.43. The van der Waals surface area contributed by atoms with Crippen molar-refractivity contribution in [2.75, 3.05) is 11.9 Å². The molecule has 0 unspecified atom stereocenters. The van der Waals surface area contributed by atoms with E-state index in [0.29, 0.717) is 18.0 Å². The van der Waals surface area contributed by atoms with Gasteiger partial charge >= 0.3 is 6.03 Å². The molecule has 2 amide bonds. The molecule has 1 aliphatic heterocycles. The lowest BCUT2D eigenvalue weighted by Gasteiger charge is -2.20. The van der Waals surface area contributed by atoms with Crippen molar-refractivity contribution in [2.45, 2.75) is 24.7 Å². The normalized spacial score (nSPS) is 13.5. The number of fused-ring (bicyclic) bond motifs is 1. The lowest BCUT2D eigenvalue weighted by molar-refractivity contribution is 0.256. The van der Waals surface area contributed by atoms with Crippen LogP contribution in [0.1, 0.15) is 17.5 Å². The largest absolute Gasteiger partial charge is 0.491 e. The minimum absolute atomic E-state index is 0.0367. The number of aryl methyl sites for hydroxylation is 2. The first-order valence-corrected chi connectivity index (χ1v) is 9.09. The number of sulfonamides is 1. The predicted octanol–water partition coefficient (Wildman–Crippen LogP) is 2.83. The van der Waals surface area contributed by atoms with E-state index in [4.69, 9.17) is 4.74 Å². The van der Waals surface area contributed by atoms with Crippen molar-refractivity contribution in [2.24, 2.45) is 0 Å². The standard InChI is InChI=1S/C17H18N2O4S/c1-12-7-9-14(10-8-12)24(21,22)19-17(20)18-15-6-2-4-13-5-3-11-23-16(13)15/h2,4,6-10H,3,5,11H2,1H3,(H2,18,19,20). The highest BCUT2D eigenvalue weighted by Crippen LogP contribution is 2.32. The number of anilines is 1. The Morgan fingerprint density at radius 1 is 1.12 bits per heavy atom. The molecule has 3 rings (SSSR count). The molecule has 0 aromatic heterocycles. The molecule has 2 N–H and O–H groups in total. The molecule has 0 aliphatic carbocycles. The third-order valence-corrected chi connectivity index (χ3v) is 5.09. The number of para-hydroxylation sites is 1. The van der Waals surface area contributed by atoms with Gasteiger partial charge in [-0.3, -0.25) is 0 Å². The molecule has 0 radical (unpaired) electrons. The molecule has 0 saturated heterocycles. The Morgan fingerprint density at radius 3 is 2.62 bits per heavy atom. The number of hydrogen-bond acceptors (Lipinski definition) is 4. The number of carbonyl (C=O) groups excluding carboxylic acids is 1. The number of amides is 2. The highest BCUT2D eigenvalue weighted by Gasteiger charge is 2.20. The monoisotopic (exact) mass is 346 g/mol. The van der Waals surface area contributed by atoms with Crippen LogP contribution in [0.5, 0.6) is 5.75 Å². The van der Waals surface area contributed by atoms with Crippen molar-refractivity contribution >= 4 is 21.7 Å². The van der Waals surface area contributed by atoms with E-state index in [9.17, 15) is 13.2 Å². The maximum Gasteiger partial charge on any atom is 0.333 e. The summed E-state index contributed by atoms with van der Waals surface area (Å²) in [6, 6.07) is 10.9. The van der Waals surface area contributed by atoms with Gasteiger partial charge in [-0.15, -0.1) is 0 Å². The van der Waals surface area contributed by atoms with Gasteiger partial charge in [-0.05, 0) is 43.5 Å². The molecule has 0 saturated carbocycles. The molecule has 0 fully saturated rings. The van der Waals surface area contributed by atoms with Crippen molar-refractivity contribution in [3.8, 4) is 5.75 Å². The molecule has 0 bridgehead atoms. The van der Waals surface area contributed by atoms with Crippen LogP contribution in [-0.4, -0.2) is 21.1 Å². The second-order valence-electron chi connectivity index (χ2n) is 5.62. The zero-order valence-electron chi connectivity index (χ0n) is 13.2. The topological polar surface area (TPSA) is 84.5 Å². The van der Waals surface area contributed by atoms with Crippen LogP contribution in [-0.2, 0) is 16.4 Å². The molecule has 24 heavy (non-hydrogen) atoms. The average molecular weight is 346 g/mol. The van der Waals surface area contributed by atoms with Crippen LogP contribution in [0.25, 0.3) is 0 Å². The second kappa shape index (κ2) is 6.52. The quantitative estimate of drug-likeness (QED) is 0.895. The van der Waals surface area contributed by atoms with E-state index in [1.807, 2.05) is 17.7 Å². The van der Waals surface area contributed by atoms with Crippen LogP contribution in [0.2, 0.25) is 0 Å². The molecule has 126 valence electrons. The Balaban J connectivity index is 1.75. The SMILES string of the molecule is Cc1ccc(S(=O)(=O)NC(=O)Nc2cccc3c2OCCC3)cc1. The molecular weight excluding hydrogens is 328 g/mol. The van der Waals surface area contributed by atoms with E-state index in [1.165, 1.54) is 12.1 Å². The van der Waals surface area contributed by atoms with Gasteiger partial charge in [0.2, 0.25) is 0 Å². The number of nitrogens with one attached hydrogen (secondary N) is 2. The molecule has 6 nitrogen and oxygen atoms in total. The Bertz CT molecular complexity index is 861. The molecule has 1 aliphatic rings. The van der Waals surface area contributed by atoms with Gasteiger partial charge in [-0.2, -0.15) is 0 Å². The average Bonchev–Trinajstić information content (AvgIpc) is 2.55. The van der Waals surface area contributed by atoms with E-state index in [-0.39, 0.29) is 4.90 Å². The number of ether oxygens (including phenoxy) is 1. The van der Waals surface area contributed by atoms with Gasteiger partial charge in [0.25, 0.3) is 10.0 Å². The van der Waals surface area contributed by atoms with Gasteiger partial charge < -0.3 is 10.1 Å². The Hall–Kier alpha value is -2.54. The van der Waals surface area contributed by atoms with Crippen molar-refractivity contribution in [3.63, 3.8) is 0 Å². The van der Waals surface area contributed by atoms with Gasteiger partial charge in [-0.25, -0.2) is 17.9 Å². The molecule has 2 aromatic rings. The summed E-state index contributed by atoms with van der Waals surface area (Å²) in [6.07, 6.45) is 1.79. The molecule has 0 spiro atoms. The fraction of sp³-hybridized carbons (Fsp3) is 0.235. The highest BCUT2D eigenvalue weighted by atomic mass is 32.2. The van der Waals surface area contributed by atoms with E-state index in [2.05, 4.69) is 5.32 Å². The van der Waals surface area contributed by atoms with Gasteiger partial charge in [0.05, 0.1) is 17.2 Å². The van der Waals surface area contributed by atoms with E-state index in [0.717, 1.165) is 24.0 Å². The Labute approximate surface area is 140 Å². The van der Waals surface area contributed by atoms with Crippen molar-refractivity contribution in [1.29, 1.82) is 0 Å². The van der Waals surface area contributed by atoms with Crippen LogP contribution in [0.15, 0.2) is 47.4 Å². The first-order chi connectivity index (χ1) is 11.5. The molecule has 1 heterocycles. The molecule has 7 heteroatoms. The summed E-state index contributed by atoms with van der Waals surface area (Å²) >= 11 is 0. The summed E-state index contributed by atoms with van der Waals surface area (Å²) in [4.78, 5) is 12.1. The Morgan fingerprint density at radius 2 is 1.88 bits per heavy atom. The summed E-state index contributed by atoms with van der Waals surface area (Å²) in [5, 5.41) is 2.55. The van der Waals surface area contributed by atoms with Crippen LogP contribution in [0.4, 0.5) is 10.5 Å². The van der Waals surface area contributed by atoms with Gasteiger partial charge in [-0.1, -0.05) is 29.8 Å². The molecular formula is C17H18N2O4S. The fourth-order valence-corrected chi connectivity index (χ4v) is 3.44. The highest BCUT2D eigenvalue weighted by molar-refractivity contribution is 7.90. The fourth-order valence-electron chi connectivity index (χ4n) is 2.53. The molecule has 0 atom stereocenters. The minimum atomic E-state index is -3.92. The molecule has 2 aromatic carbocycles. The van der Waals surface area contributed by atoms with E-state index < -0.39 is 16.1 Å². The maximum atomic E-state index is 12.2. The minimum Gasteiger partial charge on any atom is -0.491 e. The van der Waals surface area contributed by atoms with E-state index >= 15 is 0 Å². The first-order valence-electron chi connectivity index (χ1n) is 7.61. The number of benzene rings is 2. The van der Waals surface area contributed by atoms with Crippen molar-refractivity contribution < 1.29 is 17.9 Å². The maximum absolute atomic E-state index is 12.2. The second-order valence-corrected chi connectivity index (χ2v) is 7.30. The Kier molecular flexibility index (Phi) is 4.44. The van der Waals surface area contributed by atoms with E-state index in [1.54, 1.807) is 24.3 Å². The smallest absolute Gasteiger partial charge is 0.333 e. The summed E-state index contributed by atoms with van der Waals surface area (Å²) in [5.74, 6) is 0.603.